The van der Waals surface area contributed by atoms with Gasteiger partial charge in [-0.2, -0.15) is 0 Å². The molecule has 1 fully saturated rings. The van der Waals surface area contributed by atoms with Gasteiger partial charge in [0.15, 0.2) is 0 Å². The first-order valence-corrected chi connectivity index (χ1v) is 8.19. The van der Waals surface area contributed by atoms with Gasteiger partial charge in [0.05, 0.1) is 25.0 Å². The average molecular weight is 317 g/mol. The molecule has 0 unspecified atom stereocenters. The third-order valence-corrected chi connectivity index (χ3v) is 4.50. The second kappa shape index (κ2) is 6.89. The van der Waals surface area contributed by atoms with E-state index in [1.54, 1.807) is 18.1 Å². The number of amides is 2. The Morgan fingerprint density at radius 2 is 2.13 bits per heavy atom. The van der Waals surface area contributed by atoms with E-state index in [9.17, 15) is 9.59 Å². The fourth-order valence-electron chi connectivity index (χ4n) is 3.26. The molecule has 2 N–H and O–H groups in total. The summed E-state index contributed by atoms with van der Waals surface area (Å²) in [6.07, 6.45) is 5.65. The van der Waals surface area contributed by atoms with E-state index in [4.69, 9.17) is 4.74 Å². The van der Waals surface area contributed by atoms with Gasteiger partial charge in [0.1, 0.15) is 12.3 Å². The molecule has 0 spiro atoms. The van der Waals surface area contributed by atoms with Crippen LogP contribution in [-0.4, -0.2) is 38.1 Å². The monoisotopic (exact) mass is 317 g/mol. The zero-order valence-electron chi connectivity index (χ0n) is 13.4. The molecule has 0 atom stereocenters. The summed E-state index contributed by atoms with van der Waals surface area (Å²) in [6, 6.07) is 5.70. The number of anilines is 2. The van der Waals surface area contributed by atoms with E-state index < -0.39 is 0 Å². The number of rotatable bonds is 4. The number of hydrogen-bond donors (Lipinski definition) is 2. The van der Waals surface area contributed by atoms with Crippen LogP contribution >= 0.6 is 0 Å². The molecule has 0 saturated heterocycles. The number of benzene rings is 1. The van der Waals surface area contributed by atoms with Gasteiger partial charge in [0.2, 0.25) is 11.8 Å². The Bertz CT molecular complexity index is 597. The topological polar surface area (TPSA) is 70.7 Å². The van der Waals surface area contributed by atoms with Gasteiger partial charge in [-0.05, 0) is 25.0 Å². The molecule has 23 heavy (non-hydrogen) atoms. The lowest BCUT2D eigenvalue weighted by atomic mass is 9.95. The minimum atomic E-state index is -0.0959. The number of fused-ring (bicyclic) bond motifs is 1. The molecule has 1 aromatic rings. The molecule has 3 rings (SSSR count). The quantitative estimate of drug-likeness (QED) is 0.890. The molecule has 2 amide bonds. The number of carbonyl (C=O) groups excluding carboxylic acids is 2. The summed E-state index contributed by atoms with van der Waals surface area (Å²) < 4.78 is 5.20. The van der Waals surface area contributed by atoms with Crippen molar-refractivity contribution in [1.82, 2.24) is 5.32 Å². The van der Waals surface area contributed by atoms with Crippen LogP contribution in [-0.2, 0) is 9.59 Å². The van der Waals surface area contributed by atoms with Gasteiger partial charge < -0.3 is 15.4 Å². The van der Waals surface area contributed by atoms with E-state index >= 15 is 0 Å². The van der Waals surface area contributed by atoms with E-state index in [2.05, 4.69) is 10.6 Å². The molecule has 6 heteroatoms. The predicted molar refractivity (Wildman–Crippen MR) is 88.9 cm³/mol. The first kappa shape index (κ1) is 15.6. The number of nitrogens with zero attached hydrogens (tertiary/aromatic N) is 1. The molecule has 0 aromatic heterocycles. The minimum absolute atomic E-state index is 0.0658. The van der Waals surface area contributed by atoms with Crippen LogP contribution < -0.4 is 20.3 Å². The largest absolute Gasteiger partial charge is 0.497 e. The molecule has 1 saturated carbocycles. The standard InChI is InChI=1S/C17H23N3O3/c1-23-13-7-8-15-14(9-13)18-10-17(22)20(15)11-16(21)19-12-5-3-2-4-6-12/h7-9,12,18H,2-6,10-11H2,1H3,(H,19,21). The second-order valence-corrected chi connectivity index (χ2v) is 6.12. The van der Waals surface area contributed by atoms with Crippen molar-refractivity contribution in [2.24, 2.45) is 0 Å². The van der Waals surface area contributed by atoms with E-state index in [0.29, 0.717) is 0 Å². The maximum absolute atomic E-state index is 12.3. The van der Waals surface area contributed by atoms with E-state index in [0.717, 1.165) is 30.0 Å². The zero-order valence-corrected chi connectivity index (χ0v) is 13.4. The van der Waals surface area contributed by atoms with Crippen molar-refractivity contribution in [3.63, 3.8) is 0 Å². The predicted octanol–water partition coefficient (Wildman–Crippen LogP) is 1.90. The highest BCUT2D eigenvalue weighted by Gasteiger charge is 2.27. The zero-order chi connectivity index (χ0) is 16.2. The Morgan fingerprint density at radius 1 is 1.35 bits per heavy atom. The van der Waals surface area contributed by atoms with Crippen molar-refractivity contribution in [3.05, 3.63) is 18.2 Å². The Hall–Kier alpha value is -2.24. The van der Waals surface area contributed by atoms with Crippen LogP contribution in [0.1, 0.15) is 32.1 Å². The molecular formula is C17H23N3O3. The number of nitrogens with one attached hydrogen (secondary N) is 2. The normalized spacial score (nSPS) is 18.1. The number of hydrogen-bond acceptors (Lipinski definition) is 4. The molecule has 1 aliphatic carbocycles. The summed E-state index contributed by atoms with van der Waals surface area (Å²) in [7, 11) is 1.60. The summed E-state index contributed by atoms with van der Waals surface area (Å²) in [5.41, 5.74) is 1.54. The third-order valence-electron chi connectivity index (χ3n) is 4.50. The minimum Gasteiger partial charge on any atom is -0.497 e. The SMILES string of the molecule is COc1ccc2c(c1)NCC(=O)N2CC(=O)NC1CCCCC1. The van der Waals surface area contributed by atoms with Crippen molar-refractivity contribution in [1.29, 1.82) is 0 Å². The van der Waals surface area contributed by atoms with Crippen LogP contribution in [0.3, 0.4) is 0 Å². The van der Waals surface area contributed by atoms with Crippen molar-refractivity contribution >= 4 is 23.2 Å². The maximum Gasteiger partial charge on any atom is 0.246 e. The molecule has 0 bridgehead atoms. The Kier molecular flexibility index (Phi) is 4.69. The van der Waals surface area contributed by atoms with Gasteiger partial charge in [0, 0.05) is 12.1 Å². The van der Waals surface area contributed by atoms with Crippen LogP contribution in [0.5, 0.6) is 5.75 Å². The fraction of sp³-hybridized carbons (Fsp3) is 0.529. The molecule has 6 nitrogen and oxygen atoms in total. The molecule has 1 aromatic carbocycles. The molecule has 1 heterocycles. The van der Waals surface area contributed by atoms with Crippen LogP contribution in [0.25, 0.3) is 0 Å². The highest BCUT2D eigenvalue weighted by Crippen LogP contribution is 2.32. The summed E-state index contributed by atoms with van der Waals surface area (Å²) in [6.45, 7) is 0.257. The molecule has 1 aliphatic heterocycles. The first-order valence-electron chi connectivity index (χ1n) is 8.19. The van der Waals surface area contributed by atoms with Crippen LogP contribution in [0, 0.1) is 0 Å². The van der Waals surface area contributed by atoms with E-state index in [1.165, 1.54) is 19.3 Å². The average Bonchev–Trinajstić information content (AvgIpc) is 2.58. The van der Waals surface area contributed by atoms with Gasteiger partial charge in [0.25, 0.3) is 0 Å². The third kappa shape index (κ3) is 3.57. The van der Waals surface area contributed by atoms with Crippen LogP contribution in [0.15, 0.2) is 18.2 Å². The highest BCUT2D eigenvalue weighted by atomic mass is 16.5. The van der Waals surface area contributed by atoms with Crippen molar-refractivity contribution in [2.45, 2.75) is 38.1 Å². The van der Waals surface area contributed by atoms with Gasteiger partial charge in [-0.25, -0.2) is 0 Å². The van der Waals surface area contributed by atoms with Crippen molar-refractivity contribution in [2.75, 3.05) is 30.4 Å². The highest BCUT2D eigenvalue weighted by molar-refractivity contribution is 6.06. The lowest BCUT2D eigenvalue weighted by Gasteiger charge is -2.31. The van der Waals surface area contributed by atoms with Crippen molar-refractivity contribution in [3.8, 4) is 5.75 Å². The van der Waals surface area contributed by atoms with E-state index in [1.807, 2.05) is 12.1 Å². The molecular weight excluding hydrogens is 294 g/mol. The Labute approximate surface area is 136 Å². The number of ether oxygens (including phenoxy) is 1. The van der Waals surface area contributed by atoms with Gasteiger partial charge in [-0.3, -0.25) is 14.5 Å². The van der Waals surface area contributed by atoms with E-state index in [-0.39, 0.29) is 30.9 Å². The molecule has 124 valence electrons. The van der Waals surface area contributed by atoms with Gasteiger partial charge in [-0.15, -0.1) is 0 Å². The lowest BCUT2D eigenvalue weighted by Crippen LogP contribution is -2.48. The summed E-state index contributed by atoms with van der Waals surface area (Å²) in [5.74, 6) is 0.535. The Morgan fingerprint density at radius 3 is 2.87 bits per heavy atom. The van der Waals surface area contributed by atoms with Crippen molar-refractivity contribution < 1.29 is 14.3 Å². The van der Waals surface area contributed by atoms with Gasteiger partial charge >= 0.3 is 0 Å². The molecule has 0 radical (unpaired) electrons. The maximum atomic E-state index is 12.3. The summed E-state index contributed by atoms with van der Waals surface area (Å²) in [5, 5.41) is 6.13. The summed E-state index contributed by atoms with van der Waals surface area (Å²) in [4.78, 5) is 26.0. The first-order chi connectivity index (χ1) is 11.2. The lowest BCUT2D eigenvalue weighted by molar-refractivity contribution is -0.123. The Balaban J connectivity index is 1.69. The fourth-order valence-corrected chi connectivity index (χ4v) is 3.26. The van der Waals surface area contributed by atoms with Crippen LogP contribution in [0.2, 0.25) is 0 Å². The summed E-state index contributed by atoms with van der Waals surface area (Å²) >= 11 is 0. The van der Waals surface area contributed by atoms with Crippen LogP contribution in [0.4, 0.5) is 11.4 Å². The number of carbonyl (C=O) groups is 2. The number of methoxy groups -OCH3 is 1. The second-order valence-electron chi connectivity index (χ2n) is 6.12. The smallest absolute Gasteiger partial charge is 0.246 e. The molecule has 2 aliphatic rings. The van der Waals surface area contributed by atoms with Gasteiger partial charge in [-0.1, -0.05) is 19.3 Å².